The van der Waals surface area contributed by atoms with Crippen LogP contribution in [-0.2, 0) is 5.41 Å². The van der Waals surface area contributed by atoms with Gasteiger partial charge in [-0.1, -0.05) is 56.4 Å². The average molecular weight is 314 g/mol. The van der Waals surface area contributed by atoms with Gasteiger partial charge in [0, 0.05) is 6.20 Å². The van der Waals surface area contributed by atoms with E-state index in [-0.39, 0.29) is 22.5 Å². The largest absolute Gasteiger partial charge is 0.391 e. The molecule has 3 aromatic rings. The van der Waals surface area contributed by atoms with Crippen molar-refractivity contribution in [2.24, 2.45) is 0 Å². The summed E-state index contributed by atoms with van der Waals surface area (Å²) >= 11 is 1.42. The molecule has 0 aliphatic carbocycles. The predicted octanol–water partition coefficient (Wildman–Crippen LogP) is 2.88. The summed E-state index contributed by atoms with van der Waals surface area (Å²) in [6.07, 6.45) is 1.76. The van der Waals surface area contributed by atoms with Crippen LogP contribution in [0.3, 0.4) is 0 Å². The molecule has 0 aliphatic rings. The van der Waals surface area contributed by atoms with Crippen LogP contribution >= 0.6 is 11.3 Å². The Hall–Kier alpha value is -2.34. The number of aromatic nitrogens is 2. The third-order valence-corrected chi connectivity index (χ3v) is 4.66. The molecule has 1 aromatic carbocycles. The third kappa shape index (κ3) is 2.35. The Morgan fingerprint density at radius 1 is 1.14 bits per heavy atom. The van der Waals surface area contributed by atoms with Crippen LogP contribution in [0.4, 0.5) is 11.5 Å². The Balaban J connectivity index is 2.11. The Kier molecular flexibility index (Phi) is 3.21. The molecule has 0 saturated heterocycles. The van der Waals surface area contributed by atoms with E-state index in [1.54, 1.807) is 6.20 Å². The molecule has 0 atom stereocenters. The van der Waals surface area contributed by atoms with E-state index < -0.39 is 0 Å². The van der Waals surface area contributed by atoms with E-state index in [0.29, 0.717) is 4.96 Å². The second-order valence-corrected chi connectivity index (χ2v) is 7.30. The van der Waals surface area contributed by atoms with E-state index in [0.717, 1.165) is 10.4 Å². The Morgan fingerprint density at radius 2 is 1.77 bits per heavy atom. The van der Waals surface area contributed by atoms with Gasteiger partial charge in [-0.25, -0.2) is 4.98 Å². The summed E-state index contributed by atoms with van der Waals surface area (Å²) < 4.78 is 1.45. The number of benzene rings is 1. The molecule has 22 heavy (non-hydrogen) atoms. The van der Waals surface area contributed by atoms with Crippen molar-refractivity contribution in [2.45, 2.75) is 26.2 Å². The lowest BCUT2D eigenvalue weighted by Gasteiger charge is -2.18. The average Bonchev–Trinajstić information content (AvgIpc) is 2.88. The van der Waals surface area contributed by atoms with E-state index in [2.05, 4.69) is 50.0 Å². The van der Waals surface area contributed by atoms with Crippen LogP contribution in [0.15, 0.2) is 35.3 Å². The molecule has 0 unspecified atom stereocenters. The zero-order valence-corrected chi connectivity index (χ0v) is 13.6. The molecule has 0 aliphatic heterocycles. The second-order valence-electron chi connectivity index (χ2n) is 6.29. The molecule has 0 radical (unpaired) electrons. The van der Waals surface area contributed by atoms with E-state index in [4.69, 9.17) is 11.5 Å². The molecule has 2 heterocycles. The van der Waals surface area contributed by atoms with Crippen molar-refractivity contribution in [2.75, 3.05) is 11.5 Å². The van der Waals surface area contributed by atoms with Gasteiger partial charge in [0.15, 0.2) is 10.8 Å². The second kappa shape index (κ2) is 4.84. The maximum atomic E-state index is 12.1. The molecule has 0 bridgehead atoms. The van der Waals surface area contributed by atoms with E-state index in [1.807, 2.05) is 0 Å². The van der Waals surface area contributed by atoms with Crippen molar-refractivity contribution in [1.82, 2.24) is 9.38 Å². The van der Waals surface area contributed by atoms with Crippen LogP contribution in [0, 0.1) is 0 Å². The van der Waals surface area contributed by atoms with Crippen molar-refractivity contribution in [3.63, 3.8) is 0 Å². The molecule has 5 nitrogen and oxygen atoms in total. The fourth-order valence-electron chi connectivity index (χ4n) is 2.24. The highest BCUT2D eigenvalue weighted by Crippen LogP contribution is 2.30. The monoisotopic (exact) mass is 314 g/mol. The van der Waals surface area contributed by atoms with Gasteiger partial charge in [0.25, 0.3) is 5.56 Å². The van der Waals surface area contributed by atoms with Crippen LogP contribution in [-0.4, -0.2) is 9.38 Å². The van der Waals surface area contributed by atoms with Crippen molar-refractivity contribution in [3.05, 3.63) is 46.4 Å². The van der Waals surface area contributed by atoms with Crippen LogP contribution in [0.1, 0.15) is 26.3 Å². The first-order valence-corrected chi connectivity index (χ1v) is 7.77. The Labute approximate surface area is 132 Å². The number of rotatable bonds is 1. The van der Waals surface area contributed by atoms with Gasteiger partial charge in [0.05, 0.1) is 4.88 Å². The molecule has 0 saturated carbocycles. The minimum absolute atomic E-state index is 0.00932. The van der Waals surface area contributed by atoms with Crippen molar-refractivity contribution >= 4 is 27.8 Å². The summed E-state index contributed by atoms with van der Waals surface area (Å²) in [6.45, 7) is 6.53. The number of hydrogen-bond donors (Lipinski definition) is 2. The molecule has 0 fully saturated rings. The molecule has 6 heteroatoms. The molecule has 0 spiro atoms. The zero-order chi connectivity index (χ0) is 16.1. The summed E-state index contributed by atoms with van der Waals surface area (Å²) in [5, 5.41) is 0. The first-order chi connectivity index (χ1) is 10.3. The van der Waals surface area contributed by atoms with Crippen LogP contribution in [0.2, 0.25) is 0 Å². The van der Waals surface area contributed by atoms with E-state index in [9.17, 15) is 4.79 Å². The summed E-state index contributed by atoms with van der Waals surface area (Å²) in [7, 11) is 0. The molecular weight excluding hydrogens is 296 g/mol. The quantitative estimate of drug-likeness (QED) is 0.723. The van der Waals surface area contributed by atoms with Gasteiger partial charge in [-0.2, -0.15) is 0 Å². The lowest BCUT2D eigenvalue weighted by atomic mass is 9.87. The zero-order valence-electron chi connectivity index (χ0n) is 12.8. The van der Waals surface area contributed by atoms with Gasteiger partial charge in [0.1, 0.15) is 5.69 Å². The van der Waals surface area contributed by atoms with Gasteiger partial charge >= 0.3 is 0 Å². The van der Waals surface area contributed by atoms with Gasteiger partial charge in [0.2, 0.25) is 0 Å². The summed E-state index contributed by atoms with van der Waals surface area (Å²) in [5.41, 5.74) is 13.4. The van der Waals surface area contributed by atoms with E-state index in [1.165, 1.54) is 21.3 Å². The Morgan fingerprint density at radius 3 is 2.36 bits per heavy atom. The first kappa shape index (κ1) is 14.6. The molecule has 114 valence electrons. The molecule has 0 amide bonds. The topological polar surface area (TPSA) is 86.4 Å². The number of nitrogen functional groups attached to an aromatic ring is 2. The minimum atomic E-state index is -0.323. The standard InChI is InChI=1S/C16H18N4OS/c1-16(2,3)10-6-4-9(5-7-10)11-8-20-14(21)12(17)13(18)19-15(20)22-11/h4-8H,17-18H2,1-3H3. The first-order valence-electron chi connectivity index (χ1n) is 6.95. The van der Waals surface area contributed by atoms with Crippen molar-refractivity contribution in [3.8, 4) is 10.4 Å². The van der Waals surface area contributed by atoms with Crippen LogP contribution < -0.4 is 17.0 Å². The Bertz CT molecular complexity index is 901. The van der Waals surface area contributed by atoms with Crippen molar-refractivity contribution in [1.29, 1.82) is 0 Å². The molecule has 2 aromatic heterocycles. The summed E-state index contributed by atoms with van der Waals surface area (Å²) in [4.78, 5) is 17.8. The highest BCUT2D eigenvalue weighted by Gasteiger charge is 2.15. The van der Waals surface area contributed by atoms with E-state index >= 15 is 0 Å². The van der Waals surface area contributed by atoms with Crippen LogP contribution in [0.5, 0.6) is 0 Å². The highest BCUT2D eigenvalue weighted by atomic mass is 32.1. The third-order valence-electron chi connectivity index (χ3n) is 3.63. The number of fused-ring (bicyclic) bond motifs is 1. The smallest absolute Gasteiger partial charge is 0.283 e. The number of hydrogen-bond acceptors (Lipinski definition) is 5. The highest BCUT2D eigenvalue weighted by molar-refractivity contribution is 7.20. The van der Waals surface area contributed by atoms with Gasteiger partial charge in [-0.15, -0.1) is 0 Å². The normalized spacial score (nSPS) is 12.0. The van der Waals surface area contributed by atoms with Gasteiger partial charge in [-0.05, 0) is 16.5 Å². The number of anilines is 2. The fourth-order valence-corrected chi connectivity index (χ4v) is 3.23. The molecular formula is C16H18N4OS. The summed E-state index contributed by atoms with van der Waals surface area (Å²) in [6, 6.07) is 8.34. The SMILES string of the molecule is CC(C)(C)c1ccc(-c2cn3c(=O)c(N)c(N)nc3s2)cc1. The van der Waals surface area contributed by atoms with Crippen molar-refractivity contribution < 1.29 is 0 Å². The van der Waals surface area contributed by atoms with Crippen LogP contribution in [0.25, 0.3) is 15.4 Å². The number of nitrogens with zero attached hydrogens (tertiary/aromatic N) is 2. The lowest BCUT2D eigenvalue weighted by Crippen LogP contribution is -2.19. The maximum Gasteiger partial charge on any atom is 0.283 e. The minimum Gasteiger partial charge on any atom is -0.391 e. The number of thiazole rings is 1. The molecule has 3 rings (SSSR count). The molecule has 4 N–H and O–H groups in total. The van der Waals surface area contributed by atoms with Gasteiger partial charge < -0.3 is 11.5 Å². The summed E-state index contributed by atoms with van der Waals surface area (Å²) in [5.74, 6) is 0.0847. The fraction of sp³-hybridized carbons (Fsp3) is 0.250. The van der Waals surface area contributed by atoms with Gasteiger partial charge in [-0.3, -0.25) is 9.20 Å². The maximum absolute atomic E-state index is 12.1. The predicted molar refractivity (Wildman–Crippen MR) is 92.3 cm³/mol. The number of nitrogens with two attached hydrogens (primary N) is 2. The lowest BCUT2D eigenvalue weighted by molar-refractivity contribution is 0.590.